The van der Waals surface area contributed by atoms with Crippen LogP contribution in [0, 0.1) is 18.3 Å². The topological polar surface area (TPSA) is 66.1 Å². The number of nitriles is 1. The summed E-state index contributed by atoms with van der Waals surface area (Å²) < 4.78 is 5.64. The van der Waals surface area contributed by atoms with Crippen molar-refractivity contribution in [1.29, 1.82) is 5.26 Å². The van der Waals surface area contributed by atoms with Crippen LogP contribution in [0.5, 0.6) is 11.6 Å². The van der Waals surface area contributed by atoms with Crippen molar-refractivity contribution in [1.82, 2.24) is 4.98 Å². The normalized spacial score (nSPS) is 11.7. The molecule has 1 unspecified atom stereocenters. The van der Waals surface area contributed by atoms with Gasteiger partial charge in [0.2, 0.25) is 5.88 Å². The van der Waals surface area contributed by atoms with E-state index in [4.69, 9.17) is 10.00 Å². The average molecular weight is 254 g/mol. The molecule has 2 aromatic rings. The highest BCUT2D eigenvalue weighted by Crippen LogP contribution is 2.25. The van der Waals surface area contributed by atoms with Crippen LogP contribution in [0.25, 0.3) is 0 Å². The van der Waals surface area contributed by atoms with E-state index in [2.05, 4.69) is 11.1 Å². The highest BCUT2D eigenvalue weighted by Gasteiger charge is 2.06. The van der Waals surface area contributed by atoms with Gasteiger partial charge in [0.15, 0.2) is 0 Å². The van der Waals surface area contributed by atoms with Crippen LogP contribution in [-0.2, 0) is 0 Å². The van der Waals surface area contributed by atoms with E-state index < -0.39 is 6.10 Å². The SMILES string of the molecule is Cc1ccc(C#N)cc1Oc1ccc(C(C)O)cn1. The Bertz CT molecular complexity index is 613. The number of aromatic nitrogens is 1. The number of rotatable bonds is 3. The minimum atomic E-state index is -0.551. The summed E-state index contributed by atoms with van der Waals surface area (Å²) in [5.74, 6) is 1.04. The summed E-state index contributed by atoms with van der Waals surface area (Å²) in [6.07, 6.45) is 1.02. The van der Waals surface area contributed by atoms with Gasteiger partial charge in [-0.1, -0.05) is 6.07 Å². The Morgan fingerprint density at radius 3 is 2.68 bits per heavy atom. The summed E-state index contributed by atoms with van der Waals surface area (Å²) in [6.45, 7) is 3.58. The number of aliphatic hydroxyl groups is 1. The molecular formula is C15H14N2O2. The third kappa shape index (κ3) is 3.09. The molecule has 19 heavy (non-hydrogen) atoms. The number of hydrogen-bond acceptors (Lipinski definition) is 4. The number of aryl methyl sites for hydroxylation is 1. The summed E-state index contributed by atoms with van der Waals surface area (Å²) in [4.78, 5) is 4.13. The second kappa shape index (κ2) is 5.51. The van der Waals surface area contributed by atoms with Crippen molar-refractivity contribution >= 4 is 0 Å². The Morgan fingerprint density at radius 2 is 2.11 bits per heavy atom. The van der Waals surface area contributed by atoms with Crippen LogP contribution < -0.4 is 4.74 Å². The highest BCUT2D eigenvalue weighted by atomic mass is 16.5. The minimum absolute atomic E-state index is 0.433. The fourth-order valence-electron chi connectivity index (χ4n) is 1.59. The van der Waals surface area contributed by atoms with E-state index >= 15 is 0 Å². The quantitative estimate of drug-likeness (QED) is 0.913. The van der Waals surface area contributed by atoms with Gasteiger partial charge < -0.3 is 9.84 Å². The molecule has 0 radical (unpaired) electrons. The van der Waals surface area contributed by atoms with Gasteiger partial charge >= 0.3 is 0 Å². The van der Waals surface area contributed by atoms with Crippen LogP contribution in [0.15, 0.2) is 36.5 Å². The minimum Gasteiger partial charge on any atom is -0.439 e. The number of nitrogens with zero attached hydrogens (tertiary/aromatic N) is 2. The largest absolute Gasteiger partial charge is 0.439 e. The summed E-state index contributed by atoms with van der Waals surface area (Å²) >= 11 is 0. The number of hydrogen-bond donors (Lipinski definition) is 1. The van der Waals surface area contributed by atoms with Gasteiger partial charge in [0.25, 0.3) is 0 Å². The molecule has 0 saturated heterocycles. The van der Waals surface area contributed by atoms with Crippen LogP contribution >= 0.6 is 0 Å². The Morgan fingerprint density at radius 1 is 1.32 bits per heavy atom. The van der Waals surface area contributed by atoms with E-state index in [1.165, 1.54) is 0 Å². The first-order chi connectivity index (χ1) is 9.10. The molecule has 0 saturated carbocycles. The molecule has 0 amide bonds. The van der Waals surface area contributed by atoms with Crippen molar-refractivity contribution in [3.05, 3.63) is 53.2 Å². The second-order valence-corrected chi connectivity index (χ2v) is 4.30. The summed E-state index contributed by atoms with van der Waals surface area (Å²) in [5.41, 5.74) is 2.21. The Labute approximate surface area is 111 Å². The lowest BCUT2D eigenvalue weighted by atomic mass is 10.1. The van der Waals surface area contributed by atoms with E-state index in [1.807, 2.05) is 13.0 Å². The van der Waals surface area contributed by atoms with E-state index in [-0.39, 0.29) is 0 Å². The molecule has 2 rings (SSSR count). The number of benzene rings is 1. The zero-order valence-corrected chi connectivity index (χ0v) is 10.8. The van der Waals surface area contributed by atoms with Gasteiger partial charge in [-0.15, -0.1) is 0 Å². The molecule has 1 N–H and O–H groups in total. The third-order valence-electron chi connectivity index (χ3n) is 2.77. The molecule has 1 aromatic heterocycles. The van der Waals surface area contributed by atoms with E-state index in [1.54, 1.807) is 37.4 Å². The molecule has 96 valence electrons. The van der Waals surface area contributed by atoms with Crippen molar-refractivity contribution < 1.29 is 9.84 Å². The fraction of sp³-hybridized carbons (Fsp3) is 0.200. The summed E-state index contributed by atoms with van der Waals surface area (Å²) in [7, 11) is 0. The highest BCUT2D eigenvalue weighted by molar-refractivity contribution is 5.43. The Kier molecular flexibility index (Phi) is 3.79. The molecular weight excluding hydrogens is 240 g/mol. The zero-order chi connectivity index (χ0) is 13.8. The van der Waals surface area contributed by atoms with Crippen molar-refractivity contribution in [3.8, 4) is 17.7 Å². The molecule has 0 aliphatic heterocycles. The van der Waals surface area contributed by atoms with Gasteiger partial charge in [-0.2, -0.15) is 5.26 Å². The van der Waals surface area contributed by atoms with Crippen LogP contribution in [0.4, 0.5) is 0 Å². The van der Waals surface area contributed by atoms with Crippen molar-refractivity contribution in [2.45, 2.75) is 20.0 Å². The van der Waals surface area contributed by atoms with Crippen molar-refractivity contribution in [3.63, 3.8) is 0 Å². The van der Waals surface area contributed by atoms with Gasteiger partial charge in [-0.3, -0.25) is 0 Å². The van der Waals surface area contributed by atoms with Crippen LogP contribution in [0.2, 0.25) is 0 Å². The third-order valence-corrected chi connectivity index (χ3v) is 2.77. The summed E-state index contributed by atoms with van der Waals surface area (Å²) in [6, 6.07) is 10.8. The number of pyridine rings is 1. The van der Waals surface area contributed by atoms with Crippen LogP contribution in [0.3, 0.4) is 0 Å². The molecule has 0 spiro atoms. The van der Waals surface area contributed by atoms with Crippen LogP contribution in [0.1, 0.15) is 29.7 Å². The molecule has 1 aromatic carbocycles. The predicted octanol–water partition coefficient (Wildman–Crippen LogP) is 3.11. The smallest absolute Gasteiger partial charge is 0.219 e. The molecule has 1 atom stereocenters. The van der Waals surface area contributed by atoms with E-state index in [9.17, 15) is 5.11 Å². The van der Waals surface area contributed by atoms with E-state index in [0.29, 0.717) is 17.2 Å². The standard InChI is InChI=1S/C15H14N2O2/c1-10-3-4-12(8-16)7-14(10)19-15-6-5-13(9-17-15)11(2)18/h3-7,9,11,18H,1-2H3. The van der Waals surface area contributed by atoms with Crippen molar-refractivity contribution in [2.24, 2.45) is 0 Å². The number of aliphatic hydroxyl groups excluding tert-OH is 1. The first-order valence-electron chi connectivity index (χ1n) is 5.93. The molecule has 0 bridgehead atoms. The fourth-order valence-corrected chi connectivity index (χ4v) is 1.59. The van der Waals surface area contributed by atoms with Gasteiger partial charge in [0, 0.05) is 12.3 Å². The molecule has 4 nitrogen and oxygen atoms in total. The maximum Gasteiger partial charge on any atom is 0.219 e. The Hall–Kier alpha value is -2.38. The molecule has 0 aliphatic carbocycles. The molecule has 4 heteroatoms. The predicted molar refractivity (Wildman–Crippen MR) is 70.8 cm³/mol. The molecule has 0 fully saturated rings. The van der Waals surface area contributed by atoms with Gasteiger partial charge in [-0.25, -0.2) is 4.98 Å². The monoisotopic (exact) mass is 254 g/mol. The lowest BCUT2D eigenvalue weighted by molar-refractivity contribution is 0.198. The maximum atomic E-state index is 9.40. The first kappa shape index (κ1) is 13.1. The van der Waals surface area contributed by atoms with Crippen LogP contribution in [-0.4, -0.2) is 10.1 Å². The molecule has 1 heterocycles. The zero-order valence-electron chi connectivity index (χ0n) is 10.8. The lowest BCUT2D eigenvalue weighted by Gasteiger charge is -2.09. The van der Waals surface area contributed by atoms with Gasteiger partial charge in [-0.05, 0) is 43.2 Å². The molecule has 0 aliphatic rings. The van der Waals surface area contributed by atoms with Gasteiger partial charge in [0.1, 0.15) is 5.75 Å². The lowest BCUT2D eigenvalue weighted by Crippen LogP contribution is -1.95. The van der Waals surface area contributed by atoms with Gasteiger partial charge in [0.05, 0.1) is 17.7 Å². The number of ether oxygens (including phenoxy) is 1. The second-order valence-electron chi connectivity index (χ2n) is 4.30. The van der Waals surface area contributed by atoms with Crippen molar-refractivity contribution in [2.75, 3.05) is 0 Å². The Balaban J connectivity index is 2.24. The summed E-state index contributed by atoms with van der Waals surface area (Å²) in [5, 5.41) is 18.3. The maximum absolute atomic E-state index is 9.40. The first-order valence-corrected chi connectivity index (χ1v) is 5.93. The van der Waals surface area contributed by atoms with E-state index in [0.717, 1.165) is 11.1 Å². The average Bonchev–Trinajstić information content (AvgIpc) is 2.42.